The van der Waals surface area contributed by atoms with Gasteiger partial charge in [0.25, 0.3) is 7.82 Å². The molecule has 0 fully saturated rings. The Morgan fingerprint density at radius 1 is 0.574 bits per heavy atom. The highest BCUT2D eigenvalue weighted by Gasteiger charge is 2.21. The van der Waals surface area contributed by atoms with Gasteiger partial charge >= 0.3 is 11.9 Å². The lowest BCUT2D eigenvalue weighted by Crippen LogP contribution is -2.37. The number of hydrogen-bond donors (Lipinski definition) is 0. The Labute approximate surface area is 332 Å². The molecule has 0 aromatic carbocycles. The van der Waals surface area contributed by atoms with Crippen LogP contribution < -0.4 is 4.89 Å². The molecule has 0 saturated heterocycles. The molecule has 0 aliphatic rings. The molecule has 318 valence electrons. The summed E-state index contributed by atoms with van der Waals surface area (Å²) in [6.07, 6.45) is 39.1. The van der Waals surface area contributed by atoms with Gasteiger partial charge in [-0.05, 0) is 38.5 Å². The molecule has 0 heterocycles. The lowest BCUT2D eigenvalue weighted by atomic mass is 10.0. The summed E-state index contributed by atoms with van der Waals surface area (Å²) in [4.78, 5) is 37.5. The van der Waals surface area contributed by atoms with Crippen molar-refractivity contribution in [1.29, 1.82) is 0 Å². The van der Waals surface area contributed by atoms with Gasteiger partial charge in [0.1, 0.15) is 19.8 Å². The van der Waals surface area contributed by atoms with Crippen LogP contribution in [-0.4, -0.2) is 70.0 Å². The first kappa shape index (κ1) is 52.5. The molecule has 54 heavy (non-hydrogen) atoms. The second-order valence-corrected chi connectivity index (χ2v) is 17.5. The second kappa shape index (κ2) is 37.1. The molecule has 1 unspecified atom stereocenters. The number of phosphoric ester groups is 1. The second-order valence-electron chi connectivity index (χ2n) is 16.1. The summed E-state index contributed by atoms with van der Waals surface area (Å²) < 4.78 is 33.9. The molecule has 0 amide bonds. The van der Waals surface area contributed by atoms with Crippen LogP contribution in [-0.2, 0) is 32.7 Å². The predicted octanol–water partition coefficient (Wildman–Crippen LogP) is 11.7. The normalized spacial score (nSPS) is 13.8. The molecule has 0 aliphatic heterocycles. The van der Waals surface area contributed by atoms with Crippen molar-refractivity contribution >= 4 is 19.8 Å². The summed E-state index contributed by atoms with van der Waals surface area (Å²) in [5.41, 5.74) is 0. The molecule has 0 spiro atoms. The lowest BCUT2D eigenvalue weighted by Gasteiger charge is -2.28. The van der Waals surface area contributed by atoms with Crippen molar-refractivity contribution in [3.05, 3.63) is 24.3 Å². The van der Waals surface area contributed by atoms with Crippen LogP contribution in [0.3, 0.4) is 0 Å². The SMILES string of the molecule is CCCCCC/C=C/C=C/CCCCCCCC(=O)OC[C@H](COP(=O)([O-])OCC[N+](C)(C)C)OC(=O)CCCCCCCCCCCCCCCCC. The Morgan fingerprint density at radius 2 is 0.981 bits per heavy atom. The molecule has 0 N–H and O–H groups in total. The molecule has 0 bridgehead atoms. The monoisotopic (exact) mass is 786 g/mol. The highest BCUT2D eigenvalue weighted by atomic mass is 31.2. The van der Waals surface area contributed by atoms with Gasteiger partial charge < -0.3 is 27.9 Å². The molecule has 2 atom stereocenters. The summed E-state index contributed by atoms with van der Waals surface area (Å²) in [7, 11) is 1.16. The number of carbonyl (C=O) groups excluding carboxylic acids is 2. The van der Waals surface area contributed by atoms with E-state index in [0.29, 0.717) is 23.9 Å². The molecular weight excluding hydrogens is 701 g/mol. The first-order valence-corrected chi connectivity index (χ1v) is 23.5. The van der Waals surface area contributed by atoms with Crippen LogP contribution in [0.15, 0.2) is 24.3 Å². The zero-order valence-electron chi connectivity index (χ0n) is 35.7. The lowest BCUT2D eigenvalue weighted by molar-refractivity contribution is -0.870. The largest absolute Gasteiger partial charge is 0.756 e. The average Bonchev–Trinajstić information content (AvgIpc) is 3.12. The fourth-order valence-corrected chi connectivity index (χ4v) is 6.73. The molecule has 0 aliphatic carbocycles. The average molecular weight is 786 g/mol. The van der Waals surface area contributed by atoms with E-state index in [2.05, 4.69) is 38.2 Å². The Bertz CT molecular complexity index is 980. The van der Waals surface area contributed by atoms with E-state index in [9.17, 15) is 19.0 Å². The van der Waals surface area contributed by atoms with Crippen molar-refractivity contribution in [2.24, 2.45) is 0 Å². The molecular formula is C44H84NO8P. The van der Waals surface area contributed by atoms with Crippen LogP contribution in [0.1, 0.15) is 194 Å². The maximum absolute atomic E-state index is 12.7. The minimum absolute atomic E-state index is 0.0315. The highest BCUT2D eigenvalue weighted by Crippen LogP contribution is 2.38. The van der Waals surface area contributed by atoms with Crippen LogP contribution in [0.5, 0.6) is 0 Å². The minimum Gasteiger partial charge on any atom is -0.756 e. The highest BCUT2D eigenvalue weighted by molar-refractivity contribution is 7.45. The van der Waals surface area contributed by atoms with Gasteiger partial charge in [-0.2, -0.15) is 0 Å². The van der Waals surface area contributed by atoms with Crippen LogP contribution in [0.25, 0.3) is 0 Å². The minimum atomic E-state index is -4.62. The van der Waals surface area contributed by atoms with Crippen molar-refractivity contribution in [2.45, 2.75) is 200 Å². The number of carbonyl (C=O) groups is 2. The van der Waals surface area contributed by atoms with Gasteiger partial charge in [-0.1, -0.05) is 167 Å². The zero-order valence-corrected chi connectivity index (χ0v) is 36.6. The Morgan fingerprint density at radius 3 is 1.44 bits per heavy atom. The molecule has 9 nitrogen and oxygen atoms in total. The number of rotatable bonds is 40. The summed E-state index contributed by atoms with van der Waals surface area (Å²) in [6, 6.07) is 0. The fraction of sp³-hybridized carbons (Fsp3) is 0.864. The van der Waals surface area contributed by atoms with Crippen LogP contribution in [0.2, 0.25) is 0 Å². The number of ether oxygens (including phenoxy) is 2. The molecule has 0 rings (SSSR count). The Kier molecular flexibility index (Phi) is 36.1. The molecule has 10 heteroatoms. The van der Waals surface area contributed by atoms with Gasteiger partial charge in [-0.15, -0.1) is 0 Å². The van der Waals surface area contributed by atoms with E-state index >= 15 is 0 Å². The maximum atomic E-state index is 12.7. The number of allylic oxidation sites excluding steroid dienone is 4. The molecule has 0 radical (unpaired) electrons. The number of hydrogen-bond acceptors (Lipinski definition) is 8. The topological polar surface area (TPSA) is 111 Å². The van der Waals surface area contributed by atoms with Crippen molar-refractivity contribution in [3.63, 3.8) is 0 Å². The number of quaternary nitrogens is 1. The van der Waals surface area contributed by atoms with Crippen molar-refractivity contribution in [2.75, 3.05) is 47.5 Å². The summed E-state index contributed by atoms with van der Waals surface area (Å²) >= 11 is 0. The van der Waals surface area contributed by atoms with E-state index in [0.717, 1.165) is 51.4 Å². The van der Waals surface area contributed by atoms with Crippen LogP contribution >= 0.6 is 7.82 Å². The number of nitrogens with zero attached hydrogens (tertiary/aromatic N) is 1. The van der Waals surface area contributed by atoms with E-state index in [1.165, 1.54) is 103 Å². The van der Waals surface area contributed by atoms with Gasteiger partial charge in [-0.3, -0.25) is 14.2 Å². The van der Waals surface area contributed by atoms with Gasteiger partial charge in [0.15, 0.2) is 6.10 Å². The van der Waals surface area contributed by atoms with Crippen molar-refractivity contribution in [3.8, 4) is 0 Å². The summed E-state index contributed by atoms with van der Waals surface area (Å²) in [6.45, 7) is 4.20. The first-order valence-electron chi connectivity index (χ1n) is 22.1. The molecule has 0 aromatic rings. The van der Waals surface area contributed by atoms with Gasteiger partial charge in [-0.25, -0.2) is 0 Å². The number of esters is 2. The number of likely N-dealkylation sites (N-methyl/N-ethyl adjacent to an activating group) is 1. The summed E-state index contributed by atoms with van der Waals surface area (Å²) in [5, 5.41) is 0. The first-order chi connectivity index (χ1) is 26.0. The third-order valence-corrected chi connectivity index (χ3v) is 10.5. The van der Waals surface area contributed by atoms with E-state index < -0.39 is 32.5 Å². The zero-order chi connectivity index (χ0) is 40.0. The van der Waals surface area contributed by atoms with Gasteiger partial charge in [0.05, 0.1) is 27.7 Å². The Hall–Kier alpha value is -1.51. The van der Waals surface area contributed by atoms with E-state index in [-0.39, 0.29) is 26.1 Å². The van der Waals surface area contributed by atoms with E-state index in [4.69, 9.17) is 18.5 Å². The standard InChI is InChI=1S/C44H84NO8P/c1-6-8-10-12-14-16-18-20-22-24-26-28-30-32-34-36-43(46)50-40-42(41-52-54(48,49)51-39-38-45(3,4)5)53-44(47)37-35-33-31-29-27-25-23-21-19-17-15-13-11-9-7-2/h16,18,20,22,42H,6-15,17,19,21,23-41H2,1-5H3/b18-16+,22-20+/t42-/m1/s1. The van der Waals surface area contributed by atoms with Crippen molar-refractivity contribution in [1.82, 2.24) is 0 Å². The number of phosphoric acid groups is 1. The van der Waals surface area contributed by atoms with Crippen molar-refractivity contribution < 1.29 is 42.1 Å². The third-order valence-electron chi connectivity index (χ3n) is 9.50. The predicted molar refractivity (Wildman–Crippen MR) is 222 cm³/mol. The quantitative estimate of drug-likeness (QED) is 0.0198. The van der Waals surface area contributed by atoms with Crippen LogP contribution in [0, 0.1) is 0 Å². The van der Waals surface area contributed by atoms with E-state index in [1.807, 2.05) is 21.1 Å². The van der Waals surface area contributed by atoms with Gasteiger partial charge in [0, 0.05) is 12.8 Å². The maximum Gasteiger partial charge on any atom is 0.306 e. The smallest absolute Gasteiger partial charge is 0.306 e. The van der Waals surface area contributed by atoms with Gasteiger partial charge in [0.2, 0.25) is 0 Å². The molecule has 0 saturated carbocycles. The summed E-state index contributed by atoms with van der Waals surface area (Å²) in [5.74, 6) is -0.846. The van der Waals surface area contributed by atoms with Crippen LogP contribution in [0.4, 0.5) is 0 Å². The molecule has 0 aromatic heterocycles. The fourth-order valence-electron chi connectivity index (χ4n) is 6.00. The Balaban J connectivity index is 4.37. The third kappa shape index (κ3) is 40.2. The van der Waals surface area contributed by atoms with E-state index in [1.54, 1.807) is 0 Å². The number of unbranched alkanes of at least 4 members (excludes halogenated alkanes) is 23.